The number of para-hydroxylation sites is 1. The van der Waals surface area contributed by atoms with Gasteiger partial charge in [-0.1, -0.05) is 24.3 Å². The van der Waals surface area contributed by atoms with Crippen molar-refractivity contribution >= 4 is 19.0 Å². The number of aromatic hydroxyl groups is 1. The maximum Gasteiger partial charge on any atom is 0.172 e. The van der Waals surface area contributed by atoms with E-state index >= 15 is 0 Å². The minimum Gasteiger partial charge on any atom is -0.771 e. The molecule has 3 N–H and O–H groups in total. The van der Waals surface area contributed by atoms with Crippen LogP contribution in [0.3, 0.4) is 0 Å². The fourth-order valence-corrected chi connectivity index (χ4v) is 3.27. The van der Waals surface area contributed by atoms with Gasteiger partial charge in [0.15, 0.2) is 7.67 Å². The maximum absolute atomic E-state index is 12.1. The lowest BCUT2D eigenvalue weighted by molar-refractivity contribution is -0.175. The lowest BCUT2D eigenvalue weighted by Crippen LogP contribution is -2.26. The fourth-order valence-electron chi connectivity index (χ4n) is 2.37. The van der Waals surface area contributed by atoms with Crippen LogP contribution in [-0.4, -0.2) is 5.11 Å². The lowest BCUT2D eigenvalue weighted by Gasteiger charge is -2.34. The fraction of sp³-hybridized carbons (Fsp3) is 0. The number of ether oxygens (including phenoxy) is 1. The molecule has 0 spiro atoms. The Labute approximate surface area is 145 Å². The zero-order valence-electron chi connectivity index (χ0n) is 13.1. The van der Waals surface area contributed by atoms with Gasteiger partial charge in [-0.15, -0.1) is 0 Å². The molecule has 0 fully saturated rings. The SMILES string of the molecule is NP(=O)([O-])N(c1ccc(O)cc1)c1cccc(Oc2ccccc2)c1. The Balaban J connectivity index is 1.98. The topological polar surface area (TPSA) is 98.9 Å². The van der Waals surface area contributed by atoms with Gasteiger partial charge in [-0.3, -0.25) is 14.7 Å². The third kappa shape index (κ3) is 4.19. The van der Waals surface area contributed by atoms with Crippen molar-refractivity contribution in [2.45, 2.75) is 0 Å². The third-order valence-electron chi connectivity index (χ3n) is 3.41. The van der Waals surface area contributed by atoms with Gasteiger partial charge in [-0.2, -0.15) is 0 Å². The first kappa shape index (κ1) is 17.0. The zero-order chi connectivity index (χ0) is 17.9. The predicted molar refractivity (Wildman–Crippen MR) is 95.0 cm³/mol. The van der Waals surface area contributed by atoms with Gasteiger partial charge in [0.2, 0.25) is 0 Å². The summed E-state index contributed by atoms with van der Waals surface area (Å²) in [4.78, 5) is 12.1. The number of nitrogens with two attached hydrogens (primary N) is 1. The molecule has 0 amide bonds. The second-order valence-corrected chi connectivity index (χ2v) is 6.83. The summed E-state index contributed by atoms with van der Waals surface area (Å²) in [5.41, 5.74) is 6.06. The van der Waals surface area contributed by atoms with Crippen LogP contribution in [0.4, 0.5) is 11.4 Å². The summed E-state index contributed by atoms with van der Waals surface area (Å²) in [7, 11) is -4.39. The number of phenols is 1. The molecule has 1 atom stereocenters. The van der Waals surface area contributed by atoms with Gasteiger partial charge in [0.05, 0.1) is 5.69 Å². The van der Waals surface area contributed by atoms with E-state index in [2.05, 4.69) is 0 Å². The number of hydrogen-bond acceptors (Lipinski definition) is 4. The molecule has 3 aromatic rings. The molecule has 6 nitrogen and oxygen atoms in total. The highest BCUT2D eigenvalue weighted by Gasteiger charge is 2.18. The Morgan fingerprint density at radius 1 is 0.880 bits per heavy atom. The molecule has 128 valence electrons. The van der Waals surface area contributed by atoms with Gasteiger partial charge >= 0.3 is 0 Å². The number of rotatable bonds is 5. The van der Waals surface area contributed by atoms with Gasteiger partial charge in [0.25, 0.3) is 0 Å². The quantitative estimate of drug-likeness (QED) is 0.676. The van der Waals surface area contributed by atoms with Crippen molar-refractivity contribution in [1.82, 2.24) is 0 Å². The van der Waals surface area contributed by atoms with Crippen molar-refractivity contribution in [3.05, 3.63) is 78.9 Å². The molecule has 0 bridgehead atoms. The monoisotopic (exact) mass is 355 g/mol. The van der Waals surface area contributed by atoms with Gasteiger partial charge in [-0.25, -0.2) is 0 Å². The van der Waals surface area contributed by atoms with Gasteiger partial charge in [0, 0.05) is 11.8 Å². The summed E-state index contributed by atoms with van der Waals surface area (Å²) >= 11 is 0. The molecule has 3 aromatic carbocycles. The van der Waals surface area contributed by atoms with Crippen molar-refractivity contribution in [3.8, 4) is 17.2 Å². The Hall–Kier alpha value is -2.79. The van der Waals surface area contributed by atoms with Crippen LogP contribution in [0.15, 0.2) is 78.9 Å². The molecular weight excluding hydrogens is 339 g/mol. The van der Waals surface area contributed by atoms with Crippen molar-refractivity contribution in [1.29, 1.82) is 0 Å². The van der Waals surface area contributed by atoms with Gasteiger partial charge in [-0.05, 0) is 48.5 Å². The van der Waals surface area contributed by atoms with Crippen LogP contribution >= 0.6 is 7.67 Å². The van der Waals surface area contributed by atoms with Crippen molar-refractivity contribution in [2.75, 3.05) is 4.67 Å². The van der Waals surface area contributed by atoms with E-state index in [1.54, 1.807) is 36.4 Å². The molecule has 0 aliphatic rings. The average molecular weight is 355 g/mol. The van der Waals surface area contributed by atoms with Gasteiger partial charge < -0.3 is 14.7 Å². The molecule has 0 aromatic heterocycles. The Morgan fingerprint density at radius 3 is 2.16 bits per heavy atom. The van der Waals surface area contributed by atoms with Crippen molar-refractivity contribution in [2.24, 2.45) is 5.50 Å². The first-order valence-corrected chi connectivity index (χ1v) is 9.10. The molecule has 0 radical (unpaired) electrons. The summed E-state index contributed by atoms with van der Waals surface area (Å²) in [6.45, 7) is 0. The minimum atomic E-state index is -4.39. The largest absolute Gasteiger partial charge is 0.771 e. The summed E-state index contributed by atoms with van der Waals surface area (Å²) in [5.74, 6) is 1.14. The van der Waals surface area contributed by atoms with E-state index in [1.165, 1.54) is 24.3 Å². The maximum atomic E-state index is 12.1. The normalized spacial score (nSPS) is 13.0. The third-order valence-corrected chi connectivity index (χ3v) is 4.43. The second kappa shape index (κ2) is 6.99. The number of hydrogen-bond donors (Lipinski definition) is 2. The number of phenolic OH excluding ortho intramolecular Hbond substituents is 1. The first-order valence-electron chi connectivity index (χ1n) is 7.46. The lowest BCUT2D eigenvalue weighted by atomic mass is 10.2. The Bertz CT molecular complexity index is 894. The first-order chi connectivity index (χ1) is 11.9. The Morgan fingerprint density at radius 2 is 1.52 bits per heavy atom. The van der Waals surface area contributed by atoms with E-state index in [0.717, 1.165) is 4.67 Å². The summed E-state index contributed by atoms with van der Waals surface area (Å²) in [6, 6.07) is 21.5. The molecule has 25 heavy (non-hydrogen) atoms. The molecule has 0 aliphatic carbocycles. The van der Waals surface area contributed by atoms with Crippen molar-refractivity contribution < 1.29 is 19.3 Å². The summed E-state index contributed by atoms with van der Waals surface area (Å²) < 4.78 is 18.9. The number of nitrogens with zero attached hydrogens (tertiary/aromatic N) is 1. The molecular formula is C18H16N2O4P-. The Kier molecular flexibility index (Phi) is 4.76. The molecule has 0 aliphatic heterocycles. The highest BCUT2D eigenvalue weighted by atomic mass is 31.2. The minimum absolute atomic E-state index is 0.0302. The highest BCUT2D eigenvalue weighted by Crippen LogP contribution is 2.45. The molecule has 0 saturated carbocycles. The van der Waals surface area contributed by atoms with Crippen LogP contribution < -0.4 is 19.8 Å². The van der Waals surface area contributed by atoms with E-state index in [4.69, 9.17) is 10.2 Å². The van der Waals surface area contributed by atoms with Crippen LogP contribution in [0, 0.1) is 0 Å². The molecule has 1 unspecified atom stereocenters. The number of anilines is 2. The average Bonchev–Trinajstić information content (AvgIpc) is 2.57. The molecule has 0 saturated heterocycles. The number of benzene rings is 3. The molecule has 0 heterocycles. The van der Waals surface area contributed by atoms with Crippen molar-refractivity contribution in [3.63, 3.8) is 0 Å². The smallest absolute Gasteiger partial charge is 0.172 e. The van der Waals surface area contributed by atoms with E-state index in [-0.39, 0.29) is 5.75 Å². The van der Waals surface area contributed by atoms with Gasteiger partial charge in [0.1, 0.15) is 17.2 Å². The van der Waals surface area contributed by atoms with E-state index < -0.39 is 7.67 Å². The van der Waals surface area contributed by atoms with Crippen LogP contribution in [-0.2, 0) is 4.57 Å². The molecule has 7 heteroatoms. The second-order valence-electron chi connectivity index (χ2n) is 5.30. The van der Waals surface area contributed by atoms with E-state index in [0.29, 0.717) is 22.9 Å². The summed E-state index contributed by atoms with van der Waals surface area (Å²) in [5, 5.41) is 9.40. The highest BCUT2D eigenvalue weighted by molar-refractivity contribution is 7.56. The summed E-state index contributed by atoms with van der Waals surface area (Å²) in [6.07, 6.45) is 0. The standard InChI is InChI=1S/C18H17N2O4P/c19-25(22,23)20(14-9-11-16(21)12-10-14)15-5-4-8-18(13-15)24-17-6-2-1-3-7-17/h1-13,21H,(H3,19,22,23)/p-1. The van der Waals surface area contributed by atoms with Crippen LogP contribution in [0.2, 0.25) is 0 Å². The zero-order valence-corrected chi connectivity index (χ0v) is 14.0. The molecule has 3 rings (SSSR count). The van der Waals surface area contributed by atoms with E-state index in [9.17, 15) is 14.6 Å². The van der Waals surface area contributed by atoms with Crippen LogP contribution in [0.1, 0.15) is 0 Å². The van der Waals surface area contributed by atoms with Crippen LogP contribution in [0.25, 0.3) is 0 Å². The predicted octanol–water partition coefficient (Wildman–Crippen LogP) is 3.75. The van der Waals surface area contributed by atoms with Crippen LogP contribution in [0.5, 0.6) is 17.2 Å². The van der Waals surface area contributed by atoms with E-state index in [1.807, 2.05) is 18.2 Å².